The summed E-state index contributed by atoms with van der Waals surface area (Å²) in [6.45, 7) is 1.92. The fourth-order valence-electron chi connectivity index (χ4n) is 4.54. The number of hydrogen-bond acceptors (Lipinski definition) is 5. The molecule has 2 aliphatic carbocycles. The van der Waals surface area contributed by atoms with Gasteiger partial charge in [0.15, 0.2) is 0 Å². The van der Waals surface area contributed by atoms with E-state index in [1.807, 2.05) is 4.57 Å². The van der Waals surface area contributed by atoms with E-state index in [0.29, 0.717) is 12.0 Å². The van der Waals surface area contributed by atoms with Gasteiger partial charge in [-0.25, -0.2) is 4.98 Å². The number of aryl methyl sites for hydroxylation is 1. The summed E-state index contributed by atoms with van der Waals surface area (Å²) >= 11 is 1.70. The maximum Gasteiger partial charge on any atom is 0.262 e. The highest BCUT2D eigenvalue weighted by atomic mass is 32.1. The summed E-state index contributed by atoms with van der Waals surface area (Å²) in [6, 6.07) is 0.451. The standard InChI is InChI=1S/C20H29N3O2S/c24-10-4-9-21-15-7-8-16-17(11-15)26-19-18(16)20(25)23(13-22-19)12-14-5-2-1-3-6-14/h13-15,21,24H,1-12H2. The van der Waals surface area contributed by atoms with E-state index < -0.39 is 0 Å². The third-order valence-electron chi connectivity index (χ3n) is 5.98. The third-order valence-corrected chi connectivity index (χ3v) is 7.15. The first-order valence-electron chi connectivity index (χ1n) is 10.1. The van der Waals surface area contributed by atoms with Crippen LogP contribution in [0.3, 0.4) is 0 Å². The maximum absolute atomic E-state index is 13.1. The number of rotatable bonds is 6. The molecule has 1 atom stereocenters. The molecule has 5 nitrogen and oxygen atoms in total. The Balaban J connectivity index is 1.55. The van der Waals surface area contributed by atoms with Crippen molar-refractivity contribution in [1.29, 1.82) is 0 Å². The van der Waals surface area contributed by atoms with Crippen molar-refractivity contribution >= 4 is 21.6 Å². The number of aliphatic hydroxyl groups is 1. The van der Waals surface area contributed by atoms with Gasteiger partial charge in [-0.3, -0.25) is 9.36 Å². The van der Waals surface area contributed by atoms with Crippen LogP contribution in [-0.4, -0.2) is 33.9 Å². The molecule has 2 N–H and O–H groups in total. The van der Waals surface area contributed by atoms with Crippen LogP contribution in [-0.2, 0) is 19.4 Å². The van der Waals surface area contributed by atoms with Crippen LogP contribution in [0.25, 0.3) is 10.2 Å². The number of nitrogens with one attached hydrogen (secondary N) is 1. The molecule has 0 bridgehead atoms. The third kappa shape index (κ3) is 3.73. The van der Waals surface area contributed by atoms with Gasteiger partial charge >= 0.3 is 0 Å². The Labute approximate surface area is 158 Å². The first-order valence-corrected chi connectivity index (χ1v) is 10.9. The summed E-state index contributed by atoms with van der Waals surface area (Å²) in [5.74, 6) is 0.635. The average Bonchev–Trinajstić information content (AvgIpc) is 3.03. The summed E-state index contributed by atoms with van der Waals surface area (Å²) in [4.78, 5) is 20.0. The molecule has 4 rings (SSSR count). The molecule has 0 spiro atoms. The number of thiophene rings is 1. The Kier molecular flexibility index (Phi) is 5.72. The fourth-order valence-corrected chi connectivity index (χ4v) is 5.80. The lowest BCUT2D eigenvalue weighted by atomic mass is 9.89. The van der Waals surface area contributed by atoms with Gasteiger partial charge in [-0.15, -0.1) is 11.3 Å². The molecule has 142 valence electrons. The Hall–Kier alpha value is -1.24. The topological polar surface area (TPSA) is 67.2 Å². The second-order valence-electron chi connectivity index (χ2n) is 7.86. The smallest absolute Gasteiger partial charge is 0.262 e. The lowest BCUT2D eigenvalue weighted by Crippen LogP contribution is -2.35. The lowest BCUT2D eigenvalue weighted by molar-refractivity contribution is 0.281. The molecule has 26 heavy (non-hydrogen) atoms. The predicted octanol–water partition coefficient (Wildman–Crippen LogP) is 2.87. The van der Waals surface area contributed by atoms with Crippen LogP contribution in [0.2, 0.25) is 0 Å². The molecule has 1 fully saturated rings. The van der Waals surface area contributed by atoms with Gasteiger partial charge in [0.05, 0.1) is 11.7 Å². The second kappa shape index (κ2) is 8.19. The van der Waals surface area contributed by atoms with Gasteiger partial charge in [-0.2, -0.15) is 0 Å². The summed E-state index contributed by atoms with van der Waals surface area (Å²) in [5.41, 5.74) is 1.42. The predicted molar refractivity (Wildman–Crippen MR) is 106 cm³/mol. The van der Waals surface area contributed by atoms with Crippen molar-refractivity contribution in [3.63, 3.8) is 0 Å². The summed E-state index contributed by atoms with van der Waals surface area (Å²) in [6.07, 6.45) is 12.0. The van der Waals surface area contributed by atoms with Crippen molar-refractivity contribution in [3.8, 4) is 0 Å². The number of aromatic nitrogens is 2. The van der Waals surface area contributed by atoms with E-state index in [9.17, 15) is 4.79 Å². The monoisotopic (exact) mass is 375 g/mol. The normalized spacial score (nSPS) is 21.2. The highest BCUT2D eigenvalue weighted by Gasteiger charge is 2.25. The minimum absolute atomic E-state index is 0.171. The largest absolute Gasteiger partial charge is 0.396 e. The molecule has 0 saturated heterocycles. The molecule has 0 radical (unpaired) electrons. The summed E-state index contributed by atoms with van der Waals surface area (Å²) < 4.78 is 1.87. The van der Waals surface area contributed by atoms with Crippen LogP contribution in [0.15, 0.2) is 11.1 Å². The van der Waals surface area contributed by atoms with Crippen LogP contribution in [0.5, 0.6) is 0 Å². The van der Waals surface area contributed by atoms with E-state index in [2.05, 4.69) is 10.3 Å². The van der Waals surface area contributed by atoms with Crippen LogP contribution >= 0.6 is 11.3 Å². The highest BCUT2D eigenvalue weighted by molar-refractivity contribution is 7.18. The molecule has 6 heteroatoms. The van der Waals surface area contributed by atoms with Gasteiger partial charge in [0.1, 0.15) is 4.83 Å². The fraction of sp³-hybridized carbons (Fsp3) is 0.700. The number of nitrogens with zero attached hydrogens (tertiary/aromatic N) is 2. The minimum Gasteiger partial charge on any atom is -0.396 e. The van der Waals surface area contributed by atoms with Crippen LogP contribution in [0, 0.1) is 5.92 Å². The van der Waals surface area contributed by atoms with E-state index in [1.165, 1.54) is 42.5 Å². The zero-order valence-corrected chi connectivity index (χ0v) is 16.2. The zero-order valence-electron chi connectivity index (χ0n) is 15.4. The Morgan fingerprint density at radius 2 is 2.12 bits per heavy atom. The first-order chi connectivity index (χ1) is 12.8. The van der Waals surface area contributed by atoms with Crippen molar-refractivity contribution < 1.29 is 5.11 Å². The maximum atomic E-state index is 13.1. The second-order valence-corrected chi connectivity index (χ2v) is 8.94. The SMILES string of the molecule is O=c1c2c3c(sc2ncn1CC1CCCCC1)CC(NCCCO)CC3. The van der Waals surface area contributed by atoms with E-state index in [4.69, 9.17) is 5.11 Å². The van der Waals surface area contributed by atoms with Crippen molar-refractivity contribution in [2.24, 2.45) is 5.92 Å². The Morgan fingerprint density at radius 1 is 1.27 bits per heavy atom. The molecule has 1 unspecified atom stereocenters. The Morgan fingerprint density at radius 3 is 2.92 bits per heavy atom. The summed E-state index contributed by atoms with van der Waals surface area (Å²) in [7, 11) is 0. The molecule has 2 heterocycles. The van der Waals surface area contributed by atoms with Crippen LogP contribution in [0.4, 0.5) is 0 Å². The molecule has 0 aromatic carbocycles. The van der Waals surface area contributed by atoms with Crippen molar-refractivity contribution in [1.82, 2.24) is 14.9 Å². The number of fused-ring (bicyclic) bond motifs is 3. The van der Waals surface area contributed by atoms with E-state index in [1.54, 1.807) is 17.7 Å². The Bertz CT molecular complexity index is 807. The van der Waals surface area contributed by atoms with Gasteiger partial charge in [0.25, 0.3) is 5.56 Å². The van der Waals surface area contributed by atoms with E-state index >= 15 is 0 Å². The van der Waals surface area contributed by atoms with Gasteiger partial charge in [0, 0.05) is 24.1 Å². The van der Waals surface area contributed by atoms with Crippen LogP contribution in [0.1, 0.15) is 55.4 Å². The molecule has 2 aliphatic rings. The van der Waals surface area contributed by atoms with Crippen molar-refractivity contribution in [2.75, 3.05) is 13.2 Å². The lowest BCUT2D eigenvalue weighted by Gasteiger charge is -2.23. The van der Waals surface area contributed by atoms with Gasteiger partial charge in [-0.05, 0) is 56.6 Å². The van der Waals surface area contributed by atoms with Gasteiger partial charge < -0.3 is 10.4 Å². The molecular formula is C20H29N3O2S. The van der Waals surface area contributed by atoms with Crippen molar-refractivity contribution in [3.05, 3.63) is 27.1 Å². The molecule has 1 saturated carbocycles. The average molecular weight is 376 g/mol. The van der Waals surface area contributed by atoms with Crippen LogP contribution < -0.4 is 10.9 Å². The zero-order chi connectivity index (χ0) is 17.9. The van der Waals surface area contributed by atoms with E-state index in [0.717, 1.165) is 49.0 Å². The minimum atomic E-state index is 0.171. The van der Waals surface area contributed by atoms with Crippen molar-refractivity contribution in [2.45, 2.75) is 70.4 Å². The van der Waals surface area contributed by atoms with Gasteiger partial charge in [0.2, 0.25) is 0 Å². The first kappa shape index (κ1) is 18.1. The molecule has 0 amide bonds. The molecular weight excluding hydrogens is 346 g/mol. The molecule has 0 aliphatic heterocycles. The highest BCUT2D eigenvalue weighted by Crippen LogP contribution is 2.34. The summed E-state index contributed by atoms with van der Waals surface area (Å²) in [5, 5.41) is 13.4. The number of aliphatic hydroxyl groups excluding tert-OH is 1. The van der Waals surface area contributed by atoms with Gasteiger partial charge in [-0.1, -0.05) is 19.3 Å². The molecule has 2 aromatic rings. The number of hydrogen-bond donors (Lipinski definition) is 2. The van der Waals surface area contributed by atoms with E-state index in [-0.39, 0.29) is 12.2 Å². The quantitative estimate of drug-likeness (QED) is 0.762. The molecule has 2 aromatic heterocycles.